The summed E-state index contributed by atoms with van der Waals surface area (Å²) in [5, 5.41) is 3.79. The van der Waals surface area contributed by atoms with Crippen LogP contribution in [0.25, 0.3) is 0 Å². The third-order valence-electron chi connectivity index (χ3n) is 4.34. The zero-order valence-corrected chi connectivity index (χ0v) is 13.3. The Hall–Kier alpha value is -2.00. The maximum Gasteiger partial charge on any atom is 0.321 e. The summed E-state index contributed by atoms with van der Waals surface area (Å²) in [6.45, 7) is 0.657. The van der Waals surface area contributed by atoms with Gasteiger partial charge in [0, 0.05) is 29.7 Å². The summed E-state index contributed by atoms with van der Waals surface area (Å²) in [7, 11) is 1.78. The largest absolute Gasteiger partial charge is 0.337 e. The van der Waals surface area contributed by atoms with Crippen molar-refractivity contribution in [1.29, 1.82) is 0 Å². The van der Waals surface area contributed by atoms with E-state index in [-0.39, 0.29) is 11.4 Å². The van der Waals surface area contributed by atoms with Crippen molar-refractivity contribution in [2.24, 2.45) is 0 Å². The molecule has 1 saturated carbocycles. The number of benzene rings is 2. The molecule has 0 atom stereocenters. The highest BCUT2D eigenvalue weighted by molar-refractivity contribution is 6.30. The Morgan fingerprint density at radius 1 is 1.14 bits per heavy atom. The molecule has 0 spiro atoms. The first-order valence-corrected chi connectivity index (χ1v) is 7.81. The number of para-hydroxylation sites is 1. The van der Waals surface area contributed by atoms with E-state index in [9.17, 15) is 4.79 Å². The minimum absolute atomic E-state index is 0.0774. The van der Waals surface area contributed by atoms with Crippen LogP contribution in [0.1, 0.15) is 18.4 Å². The maximum absolute atomic E-state index is 12.3. The fourth-order valence-corrected chi connectivity index (χ4v) is 2.78. The molecule has 1 fully saturated rings. The number of carbonyl (C=O) groups is 1. The van der Waals surface area contributed by atoms with Gasteiger partial charge in [0.25, 0.3) is 0 Å². The monoisotopic (exact) mass is 314 g/mol. The first kappa shape index (κ1) is 14.9. The Morgan fingerprint density at radius 2 is 1.77 bits per heavy atom. The smallest absolute Gasteiger partial charge is 0.321 e. The standard InChI is InChI=1S/C18H19ClN2O/c1-21(16-5-3-2-4-6-16)17(22)20-13-18(11-12-18)14-7-9-15(19)10-8-14/h2-10H,11-13H2,1H3,(H,20,22). The lowest BCUT2D eigenvalue weighted by atomic mass is 9.96. The molecule has 3 rings (SSSR count). The van der Waals surface area contributed by atoms with E-state index in [1.54, 1.807) is 11.9 Å². The molecule has 4 heteroatoms. The summed E-state index contributed by atoms with van der Waals surface area (Å²) in [4.78, 5) is 13.9. The van der Waals surface area contributed by atoms with E-state index < -0.39 is 0 Å². The Bertz CT molecular complexity index is 651. The maximum atomic E-state index is 12.3. The summed E-state index contributed by atoms with van der Waals surface area (Å²) in [5.74, 6) is 0. The normalized spacial score (nSPS) is 15.2. The molecule has 114 valence electrons. The predicted molar refractivity (Wildman–Crippen MR) is 90.6 cm³/mol. The van der Waals surface area contributed by atoms with Gasteiger partial charge in [-0.15, -0.1) is 0 Å². The zero-order valence-electron chi connectivity index (χ0n) is 12.6. The summed E-state index contributed by atoms with van der Waals surface area (Å²) in [5.41, 5.74) is 2.22. The molecule has 2 aromatic rings. The number of nitrogens with one attached hydrogen (secondary N) is 1. The third-order valence-corrected chi connectivity index (χ3v) is 4.59. The van der Waals surface area contributed by atoms with E-state index in [2.05, 4.69) is 17.4 Å². The average Bonchev–Trinajstić information content (AvgIpc) is 3.34. The van der Waals surface area contributed by atoms with Gasteiger partial charge in [0.15, 0.2) is 0 Å². The highest BCUT2D eigenvalue weighted by Crippen LogP contribution is 2.47. The molecule has 0 radical (unpaired) electrons. The van der Waals surface area contributed by atoms with E-state index in [4.69, 9.17) is 11.6 Å². The van der Waals surface area contributed by atoms with Crippen LogP contribution in [0.15, 0.2) is 54.6 Å². The van der Waals surface area contributed by atoms with Gasteiger partial charge in [-0.25, -0.2) is 4.79 Å². The molecule has 0 saturated heterocycles. The van der Waals surface area contributed by atoms with Crippen LogP contribution in [0.4, 0.5) is 10.5 Å². The number of amides is 2. The van der Waals surface area contributed by atoms with Gasteiger partial charge in [-0.3, -0.25) is 4.90 Å². The van der Waals surface area contributed by atoms with Gasteiger partial charge in [-0.05, 0) is 42.7 Å². The number of nitrogens with zero attached hydrogens (tertiary/aromatic N) is 1. The van der Waals surface area contributed by atoms with Gasteiger partial charge in [0.05, 0.1) is 0 Å². The highest BCUT2D eigenvalue weighted by Gasteiger charge is 2.44. The van der Waals surface area contributed by atoms with Crippen molar-refractivity contribution in [3.05, 3.63) is 65.2 Å². The Morgan fingerprint density at radius 3 is 2.36 bits per heavy atom. The molecule has 0 aliphatic heterocycles. The topological polar surface area (TPSA) is 32.3 Å². The number of rotatable bonds is 4. The molecule has 2 amide bonds. The number of anilines is 1. The SMILES string of the molecule is CN(C(=O)NCC1(c2ccc(Cl)cc2)CC1)c1ccccc1. The molecule has 1 aliphatic rings. The van der Waals surface area contributed by atoms with Crippen molar-refractivity contribution >= 4 is 23.3 Å². The fourth-order valence-electron chi connectivity index (χ4n) is 2.65. The van der Waals surface area contributed by atoms with Crippen molar-refractivity contribution in [3.8, 4) is 0 Å². The second kappa shape index (κ2) is 6.01. The van der Waals surface area contributed by atoms with E-state index in [1.165, 1.54) is 5.56 Å². The van der Waals surface area contributed by atoms with Crippen LogP contribution in [0.5, 0.6) is 0 Å². The molecule has 1 N–H and O–H groups in total. The van der Waals surface area contributed by atoms with E-state index >= 15 is 0 Å². The van der Waals surface area contributed by atoms with Gasteiger partial charge in [-0.1, -0.05) is 41.9 Å². The van der Waals surface area contributed by atoms with Gasteiger partial charge >= 0.3 is 6.03 Å². The number of carbonyl (C=O) groups excluding carboxylic acids is 1. The van der Waals surface area contributed by atoms with Crippen LogP contribution in [-0.4, -0.2) is 19.6 Å². The molecule has 0 unspecified atom stereocenters. The quantitative estimate of drug-likeness (QED) is 0.900. The second-order valence-electron chi connectivity index (χ2n) is 5.84. The van der Waals surface area contributed by atoms with Crippen LogP contribution in [0.3, 0.4) is 0 Å². The molecule has 0 heterocycles. The lowest BCUT2D eigenvalue weighted by Crippen LogP contribution is -2.41. The van der Waals surface area contributed by atoms with Crippen LogP contribution >= 0.6 is 11.6 Å². The van der Waals surface area contributed by atoms with Crippen LogP contribution in [0.2, 0.25) is 5.02 Å². The van der Waals surface area contributed by atoms with Gasteiger partial charge < -0.3 is 5.32 Å². The highest BCUT2D eigenvalue weighted by atomic mass is 35.5. The second-order valence-corrected chi connectivity index (χ2v) is 6.28. The van der Waals surface area contributed by atoms with Crippen molar-refractivity contribution in [2.45, 2.75) is 18.3 Å². The fraction of sp³-hybridized carbons (Fsp3) is 0.278. The molecule has 3 nitrogen and oxygen atoms in total. The van der Waals surface area contributed by atoms with Gasteiger partial charge in [0.1, 0.15) is 0 Å². The molecule has 0 bridgehead atoms. The minimum atomic E-state index is -0.0774. The number of halogens is 1. The molecule has 1 aliphatic carbocycles. The van der Waals surface area contributed by atoms with Crippen LogP contribution in [0, 0.1) is 0 Å². The summed E-state index contributed by atoms with van der Waals surface area (Å²) >= 11 is 5.94. The number of hydrogen-bond acceptors (Lipinski definition) is 1. The first-order valence-electron chi connectivity index (χ1n) is 7.43. The van der Waals surface area contributed by atoms with Crippen molar-refractivity contribution < 1.29 is 4.79 Å². The van der Waals surface area contributed by atoms with Crippen molar-refractivity contribution in [2.75, 3.05) is 18.5 Å². The molecular formula is C18H19ClN2O. The molecule has 22 heavy (non-hydrogen) atoms. The van der Waals surface area contributed by atoms with E-state index in [0.717, 1.165) is 23.6 Å². The van der Waals surface area contributed by atoms with E-state index in [0.29, 0.717) is 6.54 Å². The first-order chi connectivity index (χ1) is 10.6. The summed E-state index contributed by atoms with van der Waals surface area (Å²) < 4.78 is 0. The van der Waals surface area contributed by atoms with Crippen LogP contribution < -0.4 is 10.2 Å². The summed E-state index contributed by atoms with van der Waals surface area (Å²) in [6.07, 6.45) is 2.20. The zero-order chi connectivity index (χ0) is 15.6. The third kappa shape index (κ3) is 3.09. The lowest BCUT2D eigenvalue weighted by Gasteiger charge is -2.21. The predicted octanol–water partition coefficient (Wildman–Crippen LogP) is 4.22. The van der Waals surface area contributed by atoms with Crippen molar-refractivity contribution in [1.82, 2.24) is 5.32 Å². The Balaban J connectivity index is 1.62. The van der Waals surface area contributed by atoms with E-state index in [1.807, 2.05) is 42.5 Å². The van der Waals surface area contributed by atoms with Gasteiger partial charge in [0.2, 0.25) is 0 Å². The Labute approximate surface area is 135 Å². The van der Waals surface area contributed by atoms with Crippen LogP contribution in [-0.2, 0) is 5.41 Å². The average molecular weight is 315 g/mol. The van der Waals surface area contributed by atoms with Gasteiger partial charge in [-0.2, -0.15) is 0 Å². The number of urea groups is 1. The molecule has 2 aromatic carbocycles. The molecular weight excluding hydrogens is 296 g/mol. The number of hydrogen-bond donors (Lipinski definition) is 1. The minimum Gasteiger partial charge on any atom is -0.337 e. The summed E-state index contributed by atoms with van der Waals surface area (Å²) in [6, 6.07) is 17.5. The lowest BCUT2D eigenvalue weighted by molar-refractivity contribution is 0.246. The molecule has 0 aromatic heterocycles. The Kier molecular flexibility index (Phi) is 4.08. The van der Waals surface area contributed by atoms with Crippen molar-refractivity contribution in [3.63, 3.8) is 0 Å².